The van der Waals surface area contributed by atoms with Crippen LogP contribution < -0.4 is 0 Å². The summed E-state index contributed by atoms with van der Waals surface area (Å²) in [5.74, 6) is 0.548. The van der Waals surface area contributed by atoms with Crippen LogP contribution in [-0.4, -0.2) is 29.6 Å². The molecule has 0 amide bonds. The molecule has 0 aromatic heterocycles. The Morgan fingerprint density at radius 1 is 1.32 bits per heavy atom. The third kappa shape index (κ3) is 2.78. The molecule has 1 aromatic rings. The van der Waals surface area contributed by atoms with Crippen LogP contribution in [0.15, 0.2) is 35.3 Å². The first-order valence-electron chi connectivity index (χ1n) is 7.18. The minimum Gasteiger partial charge on any atom is -0.299 e. The van der Waals surface area contributed by atoms with Crippen molar-refractivity contribution in [3.63, 3.8) is 0 Å². The average molecular weight is 256 g/mol. The van der Waals surface area contributed by atoms with Crippen molar-refractivity contribution in [2.45, 2.75) is 37.8 Å². The van der Waals surface area contributed by atoms with Gasteiger partial charge in [0.1, 0.15) is 0 Å². The van der Waals surface area contributed by atoms with Gasteiger partial charge < -0.3 is 0 Å². The molecule has 1 aliphatic carbocycles. The van der Waals surface area contributed by atoms with E-state index >= 15 is 0 Å². The number of nitrogens with zero attached hydrogens (tertiary/aromatic N) is 2. The highest BCUT2D eigenvalue weighted by Crippen LogP contribution is 2.49. The van der Waals surface area contributed by atoms with Crippen molar-refractivity contribution in [2.24, 2.45) is 10.9 Å². The molecule has 3 nitrogen and oxygen atoms in total. The first-order valence-corrected chi connectivity index (χ1v) is 7.18. The second-order valence-electron chi connectivity index (χ2n) is 5.87. The molecule has 0 spiro atoms. The van der Waals surface area contributed by atoms with Crippen LogP contribution in [0, 0.1) is 5.92 Å². The first kappa shape index (κ1) is 12.6. The molecule has 0 N–H and O–H groups in total. The zero-order chi connectivity index (χ0) is 13.1. The molecule has 0 radical (unpaired) electrons. The highest BCUT2D eigenvalue weighted by molar-refractivity contribution is 5.37. The van der Waals surface area contributed by atoms with Gasteiger partial charge in [0.2, 0.25) is 6.08 Å². The molecule has 2 aliphatic rings. The van der Waals surface area contributed by atoms with Gasteiger partial charge in [-0.05, 0) is 43.7 Å². The average Bonchev–Trinajstić information content (AvgIpc) is 3.22. The number of aliphatic imine (C=N–C) groups is 1. The number of rotatable bonds is 4. The molecule has 1 unspecified atom stereocenters. The third-order valence-corrected chi connectivity index (χ3v) is 4.55. The van der Waals surface area contributed by atoms with Gasteiger partial charge in [-0.15, -0.1) is 0 Å². The lowest BCUT2D eigenvalue weighted by Gasteiger charge is -2.35. The van der Waals surface area contributed by atoms with Gasteiger partial charge in [-0.3, -0.25) is 4.90 Å². The van der Waals surface area contributed by atoms with Crippen LogP contribution in [0.4, 0.5) is 0 Å². The molecular formula is C16H20N2O. The van der Waals surface area contributed by atoms with Crippen molar-refractivity contribution in [2.75, 3.05) is 13.1 Å². The van der Waals surface area contributed by atoms with E-state index in [1.54, 1.807) is 6.08 Å². The van der Waals surface area contributed by atoms with E-state index in [4.69, 9.17) is 0 Å². The van der Waals surface area contributed by atoms with Gasteiger partial charge in [0, 0.05) is 13.1 Å². The van der Waals surface area contributed by atoms with E-state index in [1.807, 2.05) is 0 Å². The molecule has 3 rings (SSSR count). The fourth-order valence-electron chi connectivity index (χ4n) is 3.31. The summed E-state index contributed by atoms with van der Waals surface area (Å²) in [5.41, 5.74) is 1.32. The van der Waals surface area contributed by atoms with Gasteiger partial charge in [0.05, 0.1) is 5.54 Å². The molecule has 100 valence electrons. The van der Waals surface area contributed by atoms with Crippen LogP contribution in [-0.2, 0) is 11.3 Å². The summed E-state index contributed by atoms with van der Waals surface area (Å²) in [4.78, 5) is 17.2. The second-order valence-corrected chi connectivity index (χ2v) is 5.87. The van der Waals surface area contributed by atoms with E-state index in [1.165, 1.54) is 18.4 Å². The van der Waals surface area contributed by atoms with Crippen molar-refractivity contribution in [1.29, 1.82) is 0 Å². The summed E-state index contributed by atoms with van der Waals surface area (Å²) in [6.45, 7) is 3.24. The van der Waals surface area contributed by atoms with Gasteiger partial charge in [-0.1, -0.05) is 30.3 Å². The number of piperidine rings is 1. The second kappa shape index (κ2) is 5.28. The standard InChI is InChI=1S/C16H20N2O/c19-13-17-16(8-9-16)15-7-4-10-18(12-15)11-14-5-2-1-3-6-14/h1-3,5-6,15H,4,7-12H2. The van der Waals surface area contributed by atoms with E-state index in [9.17, 15) is 4.79 Å². The Balaban J connectivity index is 1.64. The number of isocyanates is 1. The zero-order valence-electron chi connectivity index (χ0n) is 11.2. The normalized spacial score (nSPS) is 25.6. The van der Waals surface area contributed by atoms with Crippen molar-refractivity contribution in [3.05, 3.63) is 35.9 Å². The SMILES string of the molecule is O=C=NC1(C2CCCN(Cc3ccccc3)C2)CC1. The van der Waals surface area contributed by atoms with Crippen molar-refractivity contribution in [1.82, 2.24) is 4.90 Å². The molecule has 1 saturated heterocycles. The molecule has 1 saturated carbocycles. The van der Waals surface area contributed by atoms with Crippen LogP contribution in [0.1, 0.15) is 31.2 Å². The number of benzene rings is 1. The summed E-state index contributed by atoms with van der Waals surface area (Å²) in [5, 5.41) is 0. The highest BCUT2D eigenvalue weighted by atomic mass is 16.1. The summed E-state index contributed by atoms with van der Waals surface area (Å²) < 4.78 is 0. The van der Waals surface area contributed by atoms with E-state index < -0.39 is 0 Å². The van der Waals surface area contributed by atoms with Crippen LogP contribution >= 0.6 is 0 Å². The fraction of sp³-hybridized carbons (Fsp3) is 0.562. The highest BCUT2D eigenvalue weighted by Gasteiger charge is 2.50. The summed E-state index contributed by atoms with van der Waals surface area (Å²) in [6.07, 6.45) is 6.36. The molecule has 3 heteroatoms. The largest absolute Gasteiger partial charge is 0.299 e. The zero-order valence-corrected chi connectivity index (χ0v) is 11.2. The van der Waals surface area contributed by atoms with Crippen LogP contribution in [0.25, 0.3) is 0 Å². The quantitative estimate of drug-likeness (QED) is 0.613. The molecule has 19 heavy (non-hydrogen) atoms. The summed E-state index contributed by atoms with van der Waals surface area (Å²) >= 11 is 0. The Hall–Kier alpha value is -1.44. The third-order valence-electron chi connectivity index (χ3n) is 4.55. The van der Waals surface area contributed by atoms with Gasteiger partial charge >= 0.3 is 0 Å². The molecule has 1 heterocycles. The summed E-state index contributed by atoms with van der Waals surface area (Å²) in [6, 6.07) is 10.6. The predicted molar refractivity (Wildman–Crippen MR) is 74.5 cm³/mol. The Bertz CT molecular complexity index is 475. The Morgan fingerprint density at radius 3 is 2.79 bits per heavy atom. The van der Waals surface area contributed by atoms with Crippen molar-refractivity contribution >= 4 is 6.08 Å². The minimum atomic E-state index is -0.0445. The van der Waals surface area contributed by atoms with Crippen LogP contribution in [0.5, 0.6) is 0 Å². The number of carbonyl (C=O) groups excluding carboxylic acids is 1. The van der Waals surface area contributed by atoms with Gasteiger partial charge in [0.25, 0.3) is 0 Å². The van der Waals surface area contributed by atoms with Gasteiger partial charge in [-0.25, -0.2) is 4.79 Å². The molecule has 0 bridgehead atoms. The molecule has 1 aliphatic heterocycles. The maximum atomic E-state index is 10.6. The Labute approximate surface area is 114 Å². The predicted octanol–water partition coefficient (Wildman–Crippen LogP) is 2.77. The lowest BCUT2D eigenvalue weighted by atomic mass is 9.88. The number of hydrogen-bond acceptors (Lipinski definition) is 3. The molecule has 1 atom stereocenters. The number of likely N-dealkylation sites (tertiary alicyclic amines) is 1. The van der Waals surface area contributed by atoms with E-state index in [-0.39, 0.29) is 5.54 Å². The van der Waals surface area contributed by atoms with Gasteiger partial charge in [-0.2, -0.15) is 4.99 Å². The molecule has 1 aromatic carbocycles. The van der Waals surface area contributed by atoms with Crippen molar-refractivity contribution in [3.8, 4) is 0 Å². The molecular weight excluding hydrogens is 236 g/mol. The van der Waals surface area contributed by atoms with Crippen LogP contribution in [0.3, 0.4) is 0 Å². The Kier molecular flexibility index (Phi) is 3.50. The monoisotopic (exact) mass is 256 g/mol. The van der Waals surface area contributed by atoms with Gasteiger partial charge in [0.15, 0.2) is 0 Å². The maximum absolute atomic E-state index is 10.6. The topological polar surface area (TPSA) is 32.7 Å². The van der Waals surface area contributed by atoms with E-state index in [2.05, 4.69) is 40.2 Å². The lowest BCUT2D eigenvalue weighted by Crippen LogP contribution is -2.40. The summed E-state index contributed by atoms with van der Waals surface area (Å²) in [7, 11) is 0. The minimum absolute atomic E-state index is 0.0445. The smallest absolute Gasteiger partial charge is 0.235 e. The lowest BCUT2D eigenvalue weighted by molar-refractivity contribution is 0.145. The number of hydrogen-bond donors (Lipinski definition) is 0. The van der Waals surface area contributed by atoms with Crippen LogP contribution in [0.2, 0.25) is 0 Å². The van der Waals surface area contributed by atoms with Crippen molar-refractivity contribution < 1.29 is 4.79 Å². The van der Waals surface area contributed by atoms with E-state index in [0.29, 0.717) is 5.92 Å². The fourth-order valence-corrected chi connectivity index (χ4v) is 3.31. The van der Waals surface area contributed by atoms with E-state index in [0.717, 1.165) is 32.5 Å². The molecule has 2 fully saturated rings. The maximum Gasteiger partial charge on any atom is 0.235 e. The Morgan fingerprint density at radius 2 is 2.11 bits per heavy atom. The first-order chi connectivity index (χ1) is 9.32.